The number of thiophene rings is 1. The highest BCUT2D eigenvalue weighted by Gasteiger charge is 2.20. The van der Waals surface area contributed by atoms with Gasteiger partial charge in [0, 0.05) is 18.1 Å². The molecule has 1 heterocycles. The highest BCUT2D eigenvalue weighted by atomic mass is 127. The minimum atomic E-state index is -3.49. The molecule has 1 aromatic heterocycles. The SMILES string of the molecule is CCNC(=NCc1ccccc1Cl)NCC(O)CS(=O)(=O)c1cccs1.I. The van der Waals surface area contributed by atoms with Crippen molar-refractivity contribution in [2.45, 2.75) is 23.8 Å². The molecule has 10 heteroatoms. The number of aliphatic hydroxyl groups excluding tert-OH is 1. The Morgan fingerprint density at radius 1 is 1.26 bits per heavy atom. The number of aliphatic hydroxyl groups is 1. The van der Waals surface area contributed by atoms with Gasteiger partial charge >= 0.3 is 0 Å². The molecule has 0 amide bonds. The quantitative estimate of drug-likeness (QED) is 0.271. The van der Waals surface area contributed by atoms with E-state index in [1.54, 1.807) is 17.5 Å². The number of sulfone groups is 1. The predicted octanol–water partition coefficient (Wildman–Crippen LogP) is 2.91. The summed E-state index contributed by atoms with van der Waals surface area (Å²) in [6.45, 7) is 3.00. The first-order valence-corrected chi connectivity index (χ1v) is 11.0. The molecule has 2 aromatic rings. The van der Waals surface area contributed by atoms with Gasteiger partial charge in [-0.15, -0.1) is 35.3 Å². The first-order chi connectivity index (χ1) is 12.4. The summed E-state index contributed by atoms with van der Waals surface area (Å²) in [4.78, 5) is 4.41. The van der Waals surface area contributed by atoms with Crippen molar-refractivity contribution in [1.82, 2.24) is 10.6 Å². The monoisotopic (exact) mass is 543 g/mol. The Morgan fingerprint density at radius 2 is 2.00 bits per heavy atom. The molecule has 0 radical (unpaired) electrons. The summed E-state index contributed by atoms with van der Waals surface area (Å²) in [5.74, 6) is 0.143. The molecule has 0 bridgehead atoms. The van der Waals surface area contributed by atoms with Crippen LogP contribution in [0.4, 0.5) is 0 Å². The second kappa shape index (κ2) is 11.8. The molecule has 1 aromatic carbocycles. The number of benzene rings is 1. The summed E-state index contributed by atoms with van der Waals surface area (Å²) in [6.07, 6.45) is -1.05. The van der Waals surface area contributed by atoms with Crippen molar-refractivity contribution < 1.29 is 13.5 Å². The smallest absolute Gasteiger partial charge is 0.191 e. The number of rotatable bonds is 8. The molecule has 0 spiro atoms. The van der Waals surface area contributed by atoms with Crippen molar-refractivity contribution in [3.8, 4) is 0 Å². The Balaban J connectivity index is 0.00000364. The molecular formula is C17H23ClIN3O3S2. The molecule has 0 aliphatic rings. The van der Waals surface area contributed by atoms with Gasteiger partial charge in [0.15, 0.2) is 15.8 Å². The molecule has 1 unspecified atom stereocenters. The summed E-state index contributed by atoms with van der Waals surface area (Å²) in [6, 6.07) is 10.6. The topological polar surface area (TPSA) is 90.8 Å². The van der Waals surface area contributed by atoms with E-state index in [1.807, 2.05) is 25.1 Å². The van der Waals surface area contributed by atoms with Crippen molar-refractivity contribution in [2.75, 3.05) is 18.8 Å². The molecule has 0 saturated carbocycles. The first-order valence-electron chi connectivity index (χ1n) is 8.12. The van der Waals surface area contributed by atoms with Gasteiger partial charge in [-0.05, 0) is 30.0 Å². The normalized spacial score (nSPS) is 12.9. The number of guanidine groups is 1. The third kappa shape index (κ3) is 7.94. The lowest BCUT2D eigenvalue weighted by atomic mass is 10.2. The molecule has 0 saturated heterocycles. The van der Waals surface area contributed by atoms with Crippen LogP contribution in [-0.4, -0.2) is 44.4 Å². The fraction of sp³-hybridized carbons (Fsp3) is 0.353. The highest BCUT2D eigenvalue weighted by Crippen LogP contribution is 2.18. The molecule has 0 aliphatic carbocycles. The van der Waals surface area contributed by atoms with E-state index in [-0.39, 0.29) is 40.5 Å². The lowest BCUT2D eigenvalue weighted by Crippen LogP contribution is -2.42. The highest BCUT2D eigenvalue weighted by molar-refractivity contribution is 14.0. The van der Waals surface area contributed by atoms with Gasteiger partial charge in [-0.25, -0.2) is 13.4 Å². The fourth-order valence-electron chi connectivity index (χ4n) is 2.18. The van der Waals surface area contributed by atoms with Gasteiger partial charge < -0.3 is 15.7 Å². The molecule has 3 N–H and O–H groups in total. The summed E-state index contributed by atoms with van der Waals surface area (Å²) in [5.41, 5.74) is 0.882. The third-order valence-electron chi connectivity index (χ3n) is 3.43. The average molecular weight is 544 g/mol. The van der Waals surface area contributed by atoms with E-state index in [4.69, 9.17) is 11.6 Å². The van der Waals surface area contributed by atoms with Gasteiger partial charge in [0.25, 0.3) is 0 Å². The zero-order valence-corrected chi connectivity index (χ0v) is 19.5. The van der Waals surface area contributed by atoms with Crippen LogP contribution in [0, 0.1) is 0 Å². The molecule has 27 heavy (non-hydrogen) atoms. The maximum absolute atomic E-state index is 12.2. The Kier molecular flexibility index (Phi) is 10.6. The number of nitrogens with one attached hydrogen (secondary N) is 2. The van der Waals surface area contributed by atoms with Crippen LogP contribution < -0.4 is 10.6 Å². The van der Waals surface area contributed by atoms with Crippen LogP contribution in [0.1, 0.15) is 12.5 Å². The van der Waals surface area contributed by atoms with Gasteiger partial charge in [-0.2, -0.15) is 0 Å². The fourth-order valence-corrected chi connectivity index (χ4v) is 4.86. The van der Waals surface area contributed by atoms with Crippen LogP contribution >= 0.6 is 46.9 Å². The summed E-state index contributed by atoms with van der Waals surface area (Å²) >= 11 is 7.26. The zero-order valence-electron chi connectivity index (χ0n) is 14.8. The Morgan fingerprint density at radius 3 is 2.63 bits per heavy atom. The predicted molar refractivity (Wildman–Crippen MR) is 122 cm³/mol. The van der Waals surface area contributed by atoms with Crippen LogP contribution in [-0.2, 0) is 16.4 Å². The van der Waals surface area contributed by atoms with Crippen molar-refractivity contribution in [3.05, 3.63) is 52.4 Å². The van der Waals surface area contributed by atoms with E-state index in [2.05, 4.69) is 15.6 Å². The first kappa shape index (κ1) is 24.2. The number of aliphatic imine (C=N–C) groups is 1. The van der Waals surface area contributed by atoms with Crippen LogP contribution in [0.5, 0.6) is 0 Å². The largest absolute Gasteiger partial charge is 0.390 e. The van der Waals surface area contributed by atoms with Crippen LogP contribution in [0.2, 0.25) is 5.02 Å². The van der Waals surface area contributed by atoms with Crippen LogP contribution in [0.25, 0.3) is 0 Å². The zero-order chi connectivity index (χ0) is 19.0. The number of halogens is 2. The molecule has 6 nitrogen and oxygen atoms in total. The van der Waals surface area contributed by atoms with Crippen molar-refractivity contribution in [3.63, 3.8) is 0 Å². The Hall–Kier alpha value is -0.880. The van der Waals surface area contributed by atoms with E-state index in [0.29, 0.717) is 24.1 Å². The molecule has 2 rings (SSSR count). The summed E-state index contributed by atoms with van der Waals surface area (Å²) in [5, 5.41) is 18.4. The lowest BCUT2D eigenvalue weighted by molar-refractivity contribution is 0.200. The molecule has 0 fully saturated rings. The van der Waals surface area contributed by atoms with Crippen molar-refractivity contribution >= 4 is 62.7 Å². The van der Waals surface area contributed by atoms with Gasteiger partial charge in [0.1, 0.15) is 4.21 Å². The van der Waals surface area contributed by atoms with E-state index in [0.717, 1.165) is 16.9 Å². The summed E-state index contributed by atoms with van der Waals surface area (Å²) < 4.78 is 24.6. The second-order valence-electron chi connectivity index (χ2n) is 5.53. The summed E-state index contributed by atoms with van der Waals surface area (Å²) in [7, 11) is -3.49. The van der Waals surface area contributed by atoms with E-state index in [9.17, 15) is 13.5 Å². The number of hydrogen-bond acceptors (Lipinski definition) is 5. The molecule has 150 valence electrons. The second-order valence-corrected chi connectivity index (χ2v) is 9.15. The maximum atomic E-state index is 12.2. The van der Waals surface area contributed by atoms with E-state index < -0.39 is 15.9 Å². The lowest BCUT2D eigenvalue weighted by Gasteiger charge is -2.15. The third-order valence-corrected chi connectivity index (χ3v) is 7.08. The van der Waals surface area contributed by atoms with Gasteiger partial charge in [0.05, 0.1) is 18.4 Å². The molecule has 1 atom stereocenters. The minimum absolute atomic E-state index is 0. The minimum Gasteiger partial charge on any atom is -0.390 e. The van der Waals surface area contributed by atoms with Gasteiger partial charge in [-0.1, -0.05) is 35.9 Å². The Bertz CT molecular complexity index is 830. The van der Waals surface area contributed by atoms with Crippen molar-refractivity contribution in [1.29, 1.82) is 0 Å². The Labute approximate surface area is 186 Å². The number of nitrogens with zero attached hydrogens (tertiary/aromatic N) is 1. The van der Waals surface area contributed by atoms with E-state index in [1.165, 1.54) is 6.07 Å². The maximum Gasteiger partial charge on any atom is 0.191 e. The average Bonchev–Trinajstić information content (AvgIpc) is 3.14. The van der Waals surface area contributed by atoms with Crippen LogP contribution in [0.15, 0.2) is 51.0 Å². The van der Waals surface area contributed by atoms with E-state index >= 15 is 0 Å². The molecular weight excluding hydrogens is 521 g/mol. The van der Waals surface area contributed by atoms with Gasteiger partial charge in [0.2, 0.25) is 0 Å². The van der Waals surface area contributed by atoms with Crippen LogP contribution in [0.3, 0.4) is 0 Å². The molecule has 0 aliphatic heterocycles. The van der Waals surface area contributed by atoms with Crippen molar-refractivity contribution in [2.24, 2.45) is 4.99 Å². The number of hydrogen-bond donors (Lipinski definition) is 3. The van der Waals surface area contributed by atoms with Gasteiger partial charge in [-0.3, -0.25) is 0 Å². The standard InChI is InChI=1S/C17H22ClN3O3S2.HI/c1-2-19-17(20-10-13-6-3-4-7-15(13)18)21-11-14(22)12-26(23,24)16-8-5-9-25-16;/h3-9,14,22H,2,10-12H2,1H3,(H2,19,20,21);1H.